The Morgan fingerprint density at radius 3 is 2.74 bits per heavy atom. The van der Waals surface area contributed by atoms with Crippen molar-refractivity contribution in [3.05, 3.63) is 34.9 Å². The summed E-state index contributed by atoms with van der Waals surface area (Å²) < 4.78 is 0. The summed E-state index contributed by atoms with van der Waals surface area (Å²) in [5.41, 5.74) is 3.21. The highest BCUT2D eigenvalue weighted by Gasteiger charge is 2.17. The van der Waals surface area contributed by atoms with Gasteiger partial charge in [0.15, 0.2) is 0 Å². The molecule has 0 spiro atoms. The van der Waals surface area contributed by atoms with Gasteiger partial charge in [-0.2, -0.15) is 0 Å². The lowest BCUT2D eigenvalue weighted by Crippen LogP contribution is -2.36. The number of hydrogen-bond acceptors (Lipinski definition) is 2. The monoisotopic (exact) mass is 261 g/mol. The predicted molar refractivity (Wildman–Crippen MR) is 72.3 cm³/mol. The van der Waals surface area contributed by atoms with E-state index < -0.39 is 5.97 Å². The summed E-state index contributed by atoms with van der Waals surface area (Å²) in [5.74, 6) is -1.07. The fourth-order valence-corrected chi connectivity index (χ4v) is 2.49. The number of aryl methyl sites for hydroxylation is 2. The molecule has 2 rings (SSSR count). The molecule has 1 aromatic carbocycles. The van der Waals surface area contributed by atoms with Gasteiger partial charge in [0.1, 0.15) is 0 Å². The Bertz CT molecular complexity index is 496. The molecule has 0 bridgehead atoms. The van der Waals surface area contributed by atoms with Crippen molar-refractivity contribution < 1.29 is 14.7 Å². The minimum atomic E-state index is -0.888. The molecule has 1 aliphatic rings. The second-order valence-corrected chi connectivity index (χ2v) is 5.01. The highest BCUT2D eigenvalue weighted by molar-refractivity contribution is 5.95. The van der Waals surface area contributed by atoms with Crippen molar-refractivity contribution in [2.24, 2.45) is 0 Å². The fourth-order valence-electron chi connectivity index (χ4n) is 2.49. The Balaban J connectivity index is 2.05. The van der Waals surface area contributed by atoms with Gasteiger partial charge in [0.05, 0.1) is 6.42 Å². The molecule has 2 N–H and O–H groups in total. The molecule has 1 atom stereocenters. The highest BCUT2D eigenvalue weighted by Crippen LogP contribution is 2.22. The molecular weight excluding hydrogens is 242 g/mol. The number of aliphatic carboxylic acids is 1. The van der Waals surface area contributed by atoms with Gasteiger partial charge in [-0.3, -0.25) is 9.59 Å². The third kappa shape index (κ3) is 3.34. The van der Waals surface area contributed by atoms with E-state index in [1.54, 1.807) is 0 Å². The molecule has 1 amide bonds. The Morgan fingerprint density at radius 1 is 1.32 bits per heavy atom. The maximum absolute atomic E-state index is 12.1. The van der Waals surface area contributed by atoms with Gasteiger partial charge in [0.25, 0.3) is 5.91 Å². The van der Waals surface area contributed by atoms with E-state index in [9.17, 15) is 9.59 Å². The second-order valence-electron chi connectivity index (χ2n) is 5.01. The predicted octanol–water partition coefficient (Wildman–Crippen LogP) is 2.16. The average Bonchev–Trinajstić information content (AvgIpc) is 2.84. The first-order valence-electron chi connectivity index (χ1n) is 6.74. The van der Waals surface area contributed by atoms with E-state index in [1.807, 2.05) is 25.1 Å². The lowest BCUT2D eigenvalue weighted by molar-refractivity contribution is -0.137. The highest BCUT2D eigenvalue weighted by atomic mass is 16.4. The van der Waals surface area contributed by atoms with Crippen molar-refractivity contribution in [2.75, 3.05) is 0 Å². The van der Waals surface area contributed by atoms with Crippen LogP contribution in [0.4, 0.5) is 0 Å². The second kappa shape index (κ2) is 5.87. The van der Waals surface area contributed by atoms with Gasteiger partial charge in [0, 0.05) is 11.6 Å². The standard InChI is InChI=1S/C15H19NO3/c1-2-13(9-14(17)18)16-15(19)12-7-6-10-4-3-5-11(10)8-12/h6-8,13H,2-5,9H2,1H3,(H,16,19)(H,17,18). The lowest BCUT2D eigenvalue weighted by atomic mass is 10.0. The number of hydrogen-bond donors (Lipinski definition) is 2. The zero-order chi connectivity index (χ0) is 13.8. The zero-order valence-corrected chi connectivity index (χ0v) is 11.1. The van der Waals surface area contributed by atoms with Crippen LogP contribution >= 0.6 is 0 Å². The molecule has 1 unspecified atom stereocenters. The zero-order valence-electron chi connectivity index (χ0n) is 11.1. The van der Waals surface area contributed by atoms with Gasteiger partial charge in [0.2, 0.25) is 0 Å². The van der Waals surface area contributed by atoms with Crippen LogP contribution in [0.15, 0.2) is 18.2 Å². The van der Waals surface area contributed by atoms with E-state index in [-0.39, 0.29) is 18.4 Å². The molecule has 19 heavy (non-hydrogen) atoms. The summed E-state index contributed by atoms with van der Waals surface area (Å²) >= 11 is 0. The van der Waals surface area contributed by atoms with E-state index in [4.69, 9.17) is 5.11 Å². The van der Waals surface area contributed by atoms with E-state index in [0.717, 1.165) is 19.3 Å². The minimum absolute atomic E-state index is 0.0345. The Labute approximate surface area is 112 Å². The summed E-state index contributed by atoms with van der Waals surface area (Å²) in [6.07, 6.45) is 3.85. The number of fused-ring (bicyclic) bond motifs is 1. The lowest BCUT2D eigenvalue weighted by Gasteiger charge is -2.15. The molecule has 1 aromatic rings. The molecule has 0 saturated carbocycles. The molecule has 4 nitrogen and oxygen atoms in total. The van der Waals surface area contributed by atoms with Gasteiger partial charge >= 0.3 is 5.97 Å². The van der Waals surface area contributed by atoms with Crippen molar-refractivity contribution >= 4 is 11.9 Å². The van der Waals surface area contributed by atoms with Crippen LogP contribution in [0.3, 0.4) is 0 Å². The van der Waals surface area contributed by atoms with Crippen LogP contribution in [0.1, 0.15) is 47.7 Å². The van der Waals surface area contributed by atoms with Crippen LogP contribution < -0.4 is 5.32 Å². The van der Waals surface area contributed by atoms with Crippen LogP contribution in [0.5, 0.6) is 0 Å². The number of carboxylic acid groups (broad SMARTS) is 1. The topological polar surface area (TPSA) is 66.4 Å². The number of nitrogens with one attached hydrogen (secondary N) is 1. The van der Waals surface area contributed by atoms with Gasteiger partial charge in [-0.1, -0.05) is 13.0 Å². The van der Waals surface area contributed by atoms with E-state index >= 15 is 0 Å². The summed E-state index contributed by atoms with van der Waals surface area (Å²) in [6, 6.07) is 5.46. The van der Waals surface area contributed by atoms with Crippen molar-refractivity contribution in [2.45, 2.75) is 45.1 Å². The van der Waals surface area contributed by atoms with Crippen molar-refractivity contribution in [3.8, 4) is 0 Å². The maximum atomic E-state index is 12.1. The smallest absolute Gasteiger partial charge is 0.305 e. The van der Waals surface area contributed by atoms with Crippen LogP contribution in [-0.2, 0) is 17.6 Å². The molecule has 4 heteroatoms. The number of carbonyl (C=O) groups is 2. The van der Waals surface area contributed by atoms with Crippen molar-refractivity contribution in [1.82, 2.24) is 5.32 Å². The number of carbonyl (C=O) groups excluding carboxylic acids is 1. The number of amides is 1. The number of rotatable bonds is 5. The Hall–Kier alpha value is -1.84. The fraction of sp³-hybridized carbons (Fsp3) is 0.467. The third-order valence-electron chi connectivity index (χ3n) is 3.61. The number of benzene rings is 1. The van der Waals surface area contributed by atoms with Gasteiger partial charge in [-0.05, 0) is 48.9 Å². The van der Waals surface area contributed by atoms with Crippen LogP contribution in [0.2, 0.25) is 0 Å². The summed E-state index contributed by atoms with van der Waals surface area (Å²) in [4.78, 5) is 22.8. The van der Waals surface area contributed by atoms with E-state index in [2.05, 4.69) is 5.32 Å². The molecule has 0 aliphatic heterocycles. The van der Waals surface area contributed by atoms with Gasteiger partial charge < -0.3 is 10.4 Å². The Morgan fingerprint density at radius 2 is 2.05 bits per heavy atom. The first-order valence-corrected chi connectivity index (χ1v) is 6.74. The normalized spacial score (nSPS) is 14.8. The quantitative estimate of drug-likeness (QED) is 0.853. The van der Waals surface area contributed by atoms with E-state index in [1.165, 1.54) is 11.1 Å². The molecule has 1 aliphatic carbocycles. The molecule has 0 heterocycles. The molecule has 0 saturated heterocycles. The molecule has 102 valence electrons. The van der Waals surface area contributed by atoms with Crippen LogP contribution in [-0.4, -0.2) is 23.0 Å². The van der Waals surface area contributed by atoms with Crippen molar-refractivity contribution in [1.29, 1.82) is 0 Å². The SMILES string of the molecule is CCC(CC(=O)O)NC(=O)c1ccc2c(c1)CCC2. The third-order valence-corrected chi connectivity index (χ3v) is 3.61. The van der Waals surface area contributed by atoms with Gasteiger partial charge in [-0.25, -0.2) is 0 Å². The minimum Gasteiger partial charge on any atom is -0.481 e. The largest absolute Gasteiger partial charge is 0.481 e. The van der Waals surface area contributed by atoms with Crippen molar-refractivity contribution in [3.63, 3.8) is 0 Å². The molecular formula is C15H19NO3. The van der Waals surface area contributed by atoms with Crippen LogP contribution in [0, 0.1) is 0 Å². The Kier molecular flexibility index (Phi) is 4.20. The summed E-state index contributed by atoms with van der Waals surface area (Å²) in [7, 11) is 0. The molecule has 0 fully saturated rings. The van der Waals surface area contributed by atoms with E-state index in [0.29, 0.717) is 12.0 Å². The first kappa shape index (κ1) is 13.6. The summed E-state index contributed by atoms with van der Waals surface area (Å²) in [5, 5.41) is 11.6. The number of carboxylic acids is 1. The first-order chi connectivity index (χ1) is 9.10. The maximum Gasteiger partial charge on any atom is 0.305 e. The van der Waals surface area contributed by atoms with Gasteiger partial charge in [-0.15, -0.1) is 0 Å². The molecule has 0 aromatic heterocycles. The summed E-state index contributed by atoms with van der Waals surface area (Å²) in [6.45, 7) is 1.87. The molecule has 0 radical (unpaired) electrons. The van der Waals surface area contributed by atoms with Crippen LogP contribution in [0.25, 0.3) is 0 Å². The average molecular weight is 261 g/mol.